The monoisotopic (exact) mass is 307 g/mol. The molecule has 0 saturated carbocycles. The molecule has 21 heavy (non-hydrogen) atoms. The lowest BCUT2D eigenvalue weighted by molar-refractivity contribution is 0.600. The first-order valence-corrected chi connectivity index (χ1v) is 8.32. The van der Waals surface area contributed by atoms with Gasteiger partial charge in [0.25, 0.3) is 10.0 Å². The molecule has 5 nitrogen and oxygen atoms in total. The summed E-state index contributed by atoms with van der Waals surface area (Å²) in [5.41, 5.74) is 2.92. The van der Waals surface area contributed by atoms with E-state index in [1.165, 1.54) is 0 Å². The molecule has 0 bridgehead atoms. The predicted octanol–water partition coefficient (Wildman–Crippen LogP) is 2.96. The van der Waals surface area contributed by atoms with Crippen molar-refractivity contribution < 1.29 is 8.42 Å². The molecule has 114 valence electrons. The first kappa shape index (κ1) is 15.6. The molecule has 0 radical (unpaired) electrons. The summed E-state index contributed by atoms with van der Waals surface area (Å²) in [4.78, 5) is 0.307. The summed E-state index contributed by atoms with van der Waals surface area (Å²) < 4.78 is 29.5. The van der Waals surface area contributed by atoms with Crippen LogP contribution in [0.15, 0.2) is 29.3 Å². The second-order valence-corrected chi connectivity index (χ2v) is 7.28. The van der Waals surface area contributed by atoms with E-state index < -0.39 is 10.0 Å². The highest BCUT2D eigenvalue weighted by Crippen LogP contribution is 2.26. The normalized spacial score (nSPS) is 11.9. The van der Waals surface area contributed by atoms with Gasteiger partial charge in [0, 0.05) is 13.2 Å². The van der Waals surface area contributed by atoms with Crippen molar-refractivity contribution in [2.45, 2.75) is 38.5 Å². The number of hydrogen-bond donors (Lipinski definition) is 1. The molecule has 0 unspecified atom stereocenters. The van der Waals surface area contributed by atoms with Gasteiger partial charge in [-0.3, -0.25) is 9.40 Å². The highest BCUT2D eigenvalue weighted by atomic mass is 32.2. The first-order valence-electron chi connectivity index (χ1n) is 6.84. The van der Waals surface area contributed by atoms with Crippen molar-refractivity contribution in [3.8, 4) is 0 Å². The number of nitrogens with zero attached hydrogens (tertiary/aromatic N) is 2. The minimum absolute atomic E-state index is 0.141. The molecule has 0 aliphatic rings. The summed E-state index contributed by atoms with van der Waals surface area (Å²) in [5, 5.41) is 4.32. The molecule has 0 spiro atoms. The first-order chi connectivity index (χ1) is 9.70. The molecule has 2 rings (SSSR count). The van der Waals surface area contributed by atoms with Gasteiger partial charge in [-0.05, 0) is 37.0 Å². The lowest BCUT2D eigenvalue weighted by Gasteiger charge is -2.12. The second kappa shape index (κ2) is 5.52. The molecule has 0 atom stereocenters. The lowest BCUT2D eigenvalue weighted by atomic mass is 10.1. The van der Waals surface area contributed by atoms with Crippen molar-refractivity contribution in [3.63, 3.8) is 0 Å². The standard InChI is InChI=1S/C15H21N3O2S/c1-10(2)15-13(9-18(5)16-15)17-21(19,20)14-8-11(3)6-7-12(14)4/h6-10,17H,1-5H3. The molecule has 6 heteroatoms. The van der Waals surface area contributed by atoms with Gasteiger partial charge in [0.2, 0.25) is 0 Å². The minimum Gasteiger partial charge on any atom is -0.276 e. The fourth-order valence-corrected chi connectivity index (χ4v) is 3.60. The number of nitrogens with one attached hydrogen (secondary N) is 1. The summed E-state index contributed by atoms with van der Waals surface area (Å²) in [6.45, 7) is 7.64. The van der Waals surface area contributed by atoms with Gasteiger partial charge in [0.15, 0.2) is 0 Å². The Labute approximate surface area is 126 Å². The van der Waals surface area contributed by atoms with Crippen LogP contribution in [0.3, 0.4) is 0 Å². The van der Waals surface area contributed by atoms with Gasteiger partial charge in [-0.15, -0.1) is 0 Å². The molecule has 1 aromatic heterocycles. The van der Waals surface area contributed by atoms with E-state index in [0.29, 0.717) is 10.6 Å². The summed E-state index contributed by atoms with van der Waals surface area (Å²) in [5.74, 6) is 0.141. The van der Waals surface area contributed by atoms with Crippen molar-refractivity contribution in [1.82, 2.24) is 9.78 Å². The van der Waals surface area contributed by atoms with Gasteiger partial charge < -0.3 is 0 Å². The van der Waals surface area contributed by atoms with Gasteiger partial charge in [-0.2, -0.15) is 5.10 Å². The zero-order chi connectivity index (χ0) is 15.8. The van der Waals surface area contributed by atoms with Crippen LogP contribution in [0.4, 0.5) is 5.69 Å². The number of benzene rings is 1. The van der Waals surface area contributed by atoms with E-state index >= 15 is 0 Å². The Morgan fingerprint density at radius 1 is 1.24 bits per heavy atom. The Kier molecular flexibility index (Phi) is 4.09. The molecule has 1 aromatic carbocycles. The van der Waals surface area contributed by atoms with E-state index in [1.54, 1.807) is 30.9 Å². The van der Waals surface area contributed by atoms with Gasteiger partial charge in [-0.25, -0.2) is 8.42 Å². The van der Waals surface area contributed by atoms with Crippen LogP contribution >= 0.6 is 0 Å². The third-order valence-corrected chi connectivity index (χ3v) is 4.79. The highest BCUT2D eigenvalue weighted by molar-refractivity contribution is 7.92. The number of aryl methyl sites for hydroxylation is 3. The van der Waals surface area contributed by atoms with Gasteiger partial charge >= 0.3 is 0 Å². The molecule has 0 aliphatic heterocycles. The number of rotatable bonds is 4. The van der Waals surface area contributed by atoms with Crippen LogP contribution in [0, 0.1) is 13.8 Å². The number of sulfonamides is 1. The van der Waals surface area contributed by atoms with Gasteiger partial charge in [0.05, 0.1) is 16.3 Å². The van der Waals surface area contributed by atoms with Crippen LogP contribution in [-0.4, -0.2) is 18.2 Å². The molecule has 0 aliphatic carbocycles. The van der Waals surface area contributed by atoms with Gasteiger partial charge in [0.1, 0.15) is 0 Å². The smallest absolute Gasteiger partial charge is 0.262 e. The number of hydrogen-bond acceptors (Lipinski definition) is 3. The average Bonchev–Trinajstić information content (AvgIpc) is 2.72. The Balaban J connectivity index is 2.45. The fraction of sp³-hybridized carbons (Fsp3) is 0.400. The van der Waals surface area contributed by atoms with Crippen LogP contribution in [0.5, 0.6) is 0 Å². The maximum absolute atomic E-state index is 12.6. The van der Waals surface area contributed by atoms with E-state index in [1.807, 2.05) is 32.9 Å². The van der Waals surface area contributed by atoms with E-state index in [0.717, 1.165) is 16.8 Å². The van der Waals surface area contributed by atoms with Crippen LogP contribution in [0.2, 0.25) is 0 Å². The van der Waals surface area contributed by atoms with Crippen molar-refractivity contribution in [2.75, 3.05) is 4.72 Å². The summed E-state index contributed by atoms with van der Waals surface area (Å²) in [7, 11) is -1.83. The number of anilines is 1. The van der Waals surface area contributed by atoms with Gasteiger partial charge in [-0.1, -0.05) is 26.0 Å². The van der Waals surface area contributed by atoms with Crippen LogP contribution in [0.25, 0.3) is 0 Å². The molecule has 0 saturated heterocycles. The van der Waals surface area contributed by atoms with Crippen LogP contribution in [-0.2, 0) is 17.1 Å². The van der Waals surface area contributed by atoms with Crippen molar-refractivity contribution >= 4 is 15.7 Å². The maximum atomic E-state index is 12.6. The number of aromatic nitrogens is 2. The van der Waals surface area contributed by atoms with E-state index in [-0.39, 0.29) is 5.92 Å². The summed E-state index contributed by atoms with van der Waals surface area (Å²) >= 11 is 0. The molecule has 2 aromatic rings. The van der Waals surface area contributed by atoms with Crippen molar-refractivity contribution in [2.24, 2.45) is 7.05 Å². The molecule has 0 amide bonds. The van der Waals surface area contributed by atoms with Crippen LogP contribution < -0.4 is 4.72 Å². The third kappa shape index (κ3) is 3.26. The minimum atomic E-state index is -3.61. The quantitative estimate of drug-likeness (QED) is 0.944. The Bertz CT molecular complexity index is 761. The molecule has 0 fully saturated rings. The van der Waals surface area contributed by atoms with Crippen molar-refractivity contribution in [3.05, 3.63) is 41.2 Å². The van der Waals surface area contributed by atoms with E-state index in [9.17, 15) is 8.42 Å². The zero-order valence-electron chi connectivity index (χ0n) is 13.0. The Morgan fingerprint density at radius 2 is 1.90 bits per heavy atom. The highest BCUT2D eigenvalue weighted by Gasteiger charge is 2.21. The van der Waals surface area contributed by atoms with Crippen LogP contribution in [0.1, 0.15) is 36.6 Å². The zero-order valence-corrected chi connectivity index (χ0v) is 13.8. The third-order valence-electron chi connectivity index (χ3n) is 3.28. The topological polar surface area (TPSA) is 64.0 Å². The van der Waals surface area contributed by atoms with E-state index in [4.69, 9.17) is 0 Å². The van der Waals surface area contributed by atoms with E-state index in [2.05, 4.69) is 9.82 Å². The largest absolute Gasteiger partial charge is 0.276 e. The molecule has 1 N–H and O–H groups in total. The molecular formula is C15H21N3O2S. The Morgan fingerprint density at radius 3 is 2.52 bits per heavy atom. The Hall–Kier alpha value is -1.82. The second-order valence-electron chi connectivity index (χ2n) is 5.63. The SMILES string of the molecule is Cc1ccc(C)c(S(=O)(=O)Nc2cn(C)nc2C(C)C)c1. The maximum Gasteiger partial charge on any atom is 0.262 e. The fourth-order valence-electron chi connectivity index (χ4n) is 2.21. The summed E-state index contributed by atoms with van der Waals surface area (Å²) in [6, 6.07) is 5.40. The lowest BCUT2D eigenvalue weighted by Crippen LogP contribution is -2.15. The molecule has 1 heterocycles. The average molecular weight is 307 g/mol. The molecular weight excluding hydrogens is 286 g/mol. The van der Waals surface area contributed by atoms with Crippen molar-refractivity contribution in [1.29, 1.82) is 0 Å². The predicted molar refractivity (Wildman–Crippen MR) is 84.0 cm³/mol. The summed E-state index contributed by atoms with van der Waals surface area (Å²) in [6.07, 6.45) is 1.69.